The first kappa shape index (κ1) is 15.1. The summed E-state index contributed by atoms with van der Waals surface area (Å²) in [5, 5.41) is 10.3. The molecule has 1 unspecified atom stereocenters. The summed E-state index contributed by atoms with van der Waals surface area (Å²) in [5.41, 5.74) is 4.40. The lowest BCUT2D eigenvalue weighted by atomic mass is 9.89. The average molecular weight is 300 g/mol. The summed E-state index contributed by atoms with van der Waals surface area (Å²) in [5.74, 6) is 0.360. The lowest BCUT2D eigenvalue weighted by Gasteiger charge is -2.16. The summed E-state index contributed by atoms with van der Waals surface area (Å²) in [6, 6.07) is 26.3. The van der Waals surface area contributed by atoms with Crippen LogP contribution in [0, 0.1) is 6.92 Å². The molecule has 1 nitrogen and oxygen atoms in total. The van der Waals surface area contributed by atoms with Gasteiger partial charge in [-0.1, -0.05) is 90.5 Å². The largest absolute Gasteiger partial charge is 0.508 e. The number of rotatable bonds is 4. The normalized spacial score (nSPS) is 12.4. The van der Waals surface area contributed by atoms with Gasteiger partial charge in [-0.25, -0.2) is 0 Å². The summed E-state index contributed by atoms with van der Waals surface area (Å²) >= 11 is 0. The SMILES string of the molecule is Cc1ccc(O)c(C(/C=C/c2ccccc2)c2ccccc2)c1. The van der Waals surface area contributed by atoms with Crippen LogP contribution in [0.5, 0.6) is 5.75 Å². The Hall–Kier alpha value is -2.80. The molecular weight excluding hydrogens is 280 g/mol. The molecule has 1 N–H and O–H groups in total. The van der Waals surface area contributed by atoms with Crippen molar-refractivity contribution in [3.05, 3.63) is 107 Å². The molecule has 0 saturated carbocycles. The van der Waals surface area contributed by atoms with Crippen molar-refractivity contribution in [3.63, 3.8) is 0 Å². The van der Waals surface area contributed by atoms with Gasteiger partial charge in [-0.3, -0.25) is 0 Å². The number of hydrogen-bond donors (Lipinski definition) is 1. The predicted molar refractivity (Wildman–Crippen MR) is 96.6 cm³/mol. The molecule has 0 amide bonds. The molecule has 0 aliphatic rings. The number of hydrogen-bond acceptors (Lipinski definition) is 1. The Bertz CT molecular complexity index is 789. The second-order valence-corrected chi connectivity index (χ2v) is 5.72. The average Bonchev–Trinajstić information content (AvgIpc) is 2.60. The highest BCUT2D eigenvalue weighted by Crippen LogP contribution is 2.33. The Balaban J connectivity index is 2.04. The summed E-state index contributed by atoms with van der Waals surface area (Å²) in [7, 11) is 0. The van der Waals surface area contributed by atoms with Gasteiger partial charge in [-0.2, -0.15) is 0 Å². The standard InChI is InChI=1S/C22H20O/c1-17-12-15-22(23)21(16-17)20(19-10-6-3-7-11-19)14-13-18-8-4-2-5-9-18/h2-16,20,23H,1H3/b14-13+. The molecule has 0 radical (unpaired) electrons. The van der Waals surface area contributed by atoms with Crippen LogP contribution in [-0.4, -0.2) is 5.11 Å². The summed E-state index contributed by atoms with van der Waals surface area (Å²) in [6.07, 6.45) is 4.26. The number of benzene rings is 3. The molecule has 0 spiro atoms. The highest BCUT2D eigenvalue weighted by atomic mass is 16.3. The Kier molecular flexibility index (Phi) is 4.58. The highest BCUT2D eigenvalue weighted by molar-refractivity contribution is 5.55. The van der Waals surface area contributed by atoms with Crippen molar-refractivity contribution >= 4 is 6.08 Å². The molecule has 0 aromatic heterocycles. The van der Waals surface area contributed by atoms with Gasteiger partial charge in [-0.05, 0) is 24.1 Å². The van der Waals surface area contributed by atoms with E-state index in [4.69, 9.17) is 0 Å². The van der Waals surface area contributed by atoms with Crippen molar-refractivity contribution < 1.29 is 5.11 Å². The smallest absolute Gasteiger partial charge is 0.119 e. The van der Waals surface area contributed by atoms with E-state index in [1.54, 1.807) is 6.07 Å². The van der Waals surface area contributed by atoms with E-state index in [2.05, 4.69) is 42.5 Å². The lowest BCUT2D eigenvalue weighted by molar-refractivity contribution is 0.467. The van der Waals surface area contributed by atoms with Crippen molar-refractivity contribution in [2.75, 3.05) is 0 Å². The molecule has 1 heteroatoms. The minimum atomic E-state index is 0.0244. The Morgan fingerprint density at radius 3 is 2.17 bits per heavy atom. The van der Waals surface area contributed by atoms with Crippen LogP contribution in [-0.2, 0) is 0 Å². The maximum atomic E-state index is 10.3. The Morgan fingerprint density at radius 2 is 1.48 bits per heavy atom. The van der Waals surface area contributed by atoms with Gasteiger partial charge in [0, 0.05) is 11.5 Å². The van der Waals surface area contributed by atoms with Crippen LogP contribution in [0.25, 0.3) is 6.08 Å². The lowest BCUT2D eigenvalue weighted by Crippen LogP contribution is -1.99. The van der Waals surface area contributed by atoms with Crippen molar-refractivity contribution in [2.24, 2.45) is 0 Å². The zero-order valence-corrected chi connectivity index (χ0v) is 13.2. The number of phenols is 1. The molecule has 23 heavy (non-hydrogen) atoms. The fourth-order valence-corrected chi connectivity index (χ4v) is 2.75. The van der Waals surface area contributed by atoms with E-state index in [-0.39, 0.29) is 5.92 Å². The van der Waals surface area contributed by atoms with Crippen LogP contribution in [0.1, 0.15) is 28.2 Å². The molecule has 0 saturated heterocycles. The van der Waals surface area contributed by atoms with Crippen LogP contribution >= 0.6 is 0 Å². The number of phenolic OH excluding ortho intramolecular Hbond substituents is 1. The fourth-order valence-electron chi connectivity index (χ4n) is 2.75. The van der Waals surface area contributed by atoms with Crippen LogP contribution in [0.15, 0.2) is 84.9 Å². The number of aromatic hydroxyl groups is 1. The molecule has 3 aromatic rings. The number of allylic oxidation sites excluding steroid dienone is 1. The zero-order valence-electron chi connectivity index (χ0n) is 13.2. The van der Waals surface area contributed by atoms with Crippen LogP contribution in [0.2, 0.25) is 0 Å². The van der Waals surface area contributed by atoms with Crippen molar-refractivity contribution in [1.29, 1.82) is 0 Å². The molecule has 0 aliphatic carbocycles. The monoisotopic (exact) mass is 300 g/mol. The molecule has 0 bridgehead atoms. The quantitative estimate of drug-likeness (QED) is 0.670. The van der Waals surface area contributed by atoms with Gasteiger partial charge < -0.3 is 5.11 Å². The van der Waals surface area contributed by atoms with Gasteiger partial charge in [0.25, 0.3) is 0 Å². The van der Waals surface area contributed by atoms with Gasteiger partial charge in [0.1, 0.15) is 5.75 Å². The molecule has 114 valence electrons. The van der Waals surface area contributed by atoms with E-state index in [9.17, 15) is 5.11 Å². The molecule has 3 aromatic carbocycles. The minimum Gasteiger partial charge on any atom is -0.508 e. The van der Waals surface area contributed by atoms with E-state index >= 15 is 0 Å². The zero-order chi connectivity index (χ0) is 16.1. The summed E-state index contributed by atoms with van der Waals surface area (Å²) in [6.45, 7) is 2.05. The van der Waals surface area contributed by atoms with Gasteiger partial charge in [0.2, 0.25) is 0 Å². The van der Waals surface area contributed by atoms with Crippen LogP contribution in [0.4, 0.5) is 0 Å². The highest BCUT2D eigenvalue weighted by Gasteiger charge is 2.15. The molecule has 3 rings (SSSR count). The van der Waals surface area contributed by atoms with Crippen molar-refractivity contribution in [3.8, 4) is 5.75 Å². The third kappa shape index (κ3) is 3.70. The molecule has 0 aliphatic heterocycles. The second kappa shape index (κ2) is 6.97. The van der Waals surface area contributed by atoms with Gasteiger partial charge in [0.05, 0.1) is 0 Å². The van der Waals surface area contributed by atoms with E-state index in [0.29, 0.717) is 5.75 Å². The Labute approximate surface area is 137 Å². The summed E-state index contributed by atoms with van der Waals surface area (Å²) in [4.78, 5) is 0. The second-order valence-electron chi connectivity index (χ2n) is 5.72. The maximum Gasteiger partial charge on any atom is 0.119 e. The van der Waals surface area contributed by atoms with E-state index in [1.165, 1.54) is 5.56 Å². The van der Waals surface area contributed by atoms with Crippen LogP contribution in [0.3, 0.4) is 0 Å². The predicted octanol–water partition coefficient (Wildman–Crippen LogP) is 5.55. The maximum absolute atomic E-state index is 10.3. The van der Waals surface area contributed by atoms with Crippen molar-refractivity contribution in [1.82, 2.24) is 0 Å². The van der Waals surface area contributed by atoms with Crippen molar-refractivity contribution in [2.45, 2.75) is 12.8 Å². The third-order valence-corrected chi connectivity index (χ3v) is 3.96. The third-order valence-electron chi connectivity index (χ3n) is 3.96. The first-order valence-electron chi connectivity index (χ1n) is 7.82. The van der Waals surface area contributed by atoms with E-state index in [1.807, 2.05) is 49.4 Å². The molecular formula is C22H20O. The minimum absolute atomic E-state index is 0.0244. The van der Waals surface area contributed by atoms with Gasteiger partial charge in [-0.15, -0.1) is 0 Å². The van der Waals surface area contributed by atoms with E-state index < -0.39 is 0 Å². The fraction of sp³-hybridized carbons (Fsp3) is 0.0909. The van der Waals surface area contributed by atoms with Crippen LogP contribution < -0.4 is 0 Å². The molecule has 1 atom stereocenters. The molecule has 0 fully saturated rings. The summed E-state index contributed by atoms with van der Waals surface area (Å²) < 4.78 is 0. The first-order valence-corrected chi connectivity index (χ1v) is 7.82. The van der Waals surface area contributed by atoms with E-state index in [0.717, 1.165) is 16.7 Å². The molecule has 0 heterocycles. The number of aryl methyl sites for hydroxylation is 1. The van der Waals surface area contributed by atoms with Gasteiger partial charge in [0.15, 0.2) is 0 Å². The topological polar surface area (TPSA) is 20.2 Å². The first-order chi connectivity index (χ1) is 11.2. The van der Waals surface area contributed by atoms with Gasteiger partial charge >= 0.3 is 0 Å². The Morgan fingerprint density at radius 1 is 0.826 bits per heavy atom.